The van der Waals surface area contributed by atoms with E-state index in [9.17, 15) is 35.9 Å². The maximum Gasteiger partial charge on any atom is 0.420 e. The van der Waals surface area contributed by atoms with E-state index in [0.717, 1.165) is 4.90 Å². The van der Waals surface area contributed by atoms with Crippen molar-refractivity contribution in [2.24, 2.45) is 5.73 Å². The van der Waals surface area contributed by atoms with Crippen molar-refractivity contribution in [1.82, 2.24) is 4.90 Å². The molecule has 150 valence electrons. The molecule has 1 aromatic rings. The van der Waals surface area contributed by atoms with Gasteiger partial charge in [-0.3, -0.25) is 4.90 Å². The topological polar surface area (TPSA) is 96.1 Å². The minimum Gasteiger partial charge on any atom is -0.408 e. The summed E-state index contributed by atoms with van der Waals surface area (Å²) in [6.45, 7) is -0.980. The number of hydrogen-bond acceptors (Lipinski definition) is 4. The molecule has 1 heterocycles. The van der Waals surface area contributed by atoms with Gasteiger partial charge in [-0.05, 0) is 12.1 Å². The van der Waals surface area contributed by atoms with Crippen molar-refractivity contribution < 1.29 is 45.8 Å². The number of halogens is 6. The molecule has 13 heteroatoms. The Morgan fingerprint density at radius 1 is 1.15 bits per heavy atom. The summed E-state index contributed by atoms with van der Waals surface area (Å²) in [7, 11) is 0. The number of benzene rings is 1. The zero-order valence-corrected chi connectivity index (χ0v) is 13.4. The number of amides is 3. The summed E-state index contributed by atoms with van der Waals surface area (Å²) in [5, 5.41) is 8.88. The van der Waals surface area contributed by atoms with E-state index in [-0.39, 0.29) is 31.8 Å². The van der Waals surface area contributed by atoms with Gasteiger partial charge in [0.2, 0.25) is 0 Å². The van der Waals surface area contributed by atoms with Gasteiger partial charge in [0, 0.05) is 19.6 Å². The second kappa shape index (κ2) is 7.13. The molecule has 1 aromatic carbocycles. The van der Waals surface area contributed by atoms with Crippen LogP contribution in [0.4, 0.5) is 41.6 Å². The van der Waals surface area contributed by atoms with E-state index in [4.69, 9.17) is 10.8 Å². The Morgan fingerprint density at radius 3 is 2.26 bits per heavy atom. The highest BCUT2D eigenvalue weighted by atomic mass is 19.4. The summed E-state index contributed by atoms with van der Waals surface area (Å²) in [6.07, 6.45) is -12.2. The molecule has 0 saturated carbocycles. The van der Waals surface area contributed by atoms with Crippen LogP contribution in [0.25, 0.3) is 0 Å². The minimum atomic E-state index is -5.33. The first-order valence-corrected chi connectivity index (χ1v) is 7.33. The van der Waals surface area contributed by atoms with Gasteiger partial charge in [0.1, 0.15) is 5.56 Å². The second-order valence-corrected chi connectivity index (χ2v) is 5.43. The van der Waals surface area contributed by atoms with E-state index in [0.29, 0.717) is 4.90 Å². The Labute approximate surface area is 147 Å². The maximum absolute atomic E-state index is 13.3. The lowest BCUT2D eigenvalue weighted by atomic mass is 10.1. The van der Waals surface area contributed by atoms with Crippen LogP contribution in [0.3, 0.4) is 0 Å². The number of nitrogens with zero attached hydrogens (tertiary/aromatic N) is 2. The minimum absolute atomic E-state index is 0.0625. The van der Waals surface area contributed by atoms with Crippen molar-refractivity contribution in [2.45, 2.75) is 12.4 Å². The molecular weight excluding hydrogens is 388 g/mol. The fourth-order valence-electron chi connectivity index (χ4n) is 2.53. The van der Waals surface area contributed by atoms with Gasteiger partial charge in [0.15, 0.2) is 5.75 Å². The molecule has 0 spiro atoms. The largest absolute Gasteiger partial charge is 0.420 e. The van der Waals surface area contributed by atoms with Crippen LogP contribution < -0.4 is 15.4 Å². The fraction of sp³-hybridized carbons (Fsp3) is 0.429. The highest BCUT2D eigenvalue weighted by Gasteiger charge is 2.43. The number of urea groups is 1. The van der Waals surface area contributed by atoms with Gasteiger partial charge < -0.3 is 20.5 Å². The van der Waals surface area contributed by atoms with Gasteiger partial charge in [-0.1, -0.05) is 0 Å². The number of carbonyl (C=O) groups is 2. The SMILES string of the molecule is NC(=O)Oc1c(N2CCN(CCO)C2=O)cc(C(F)(F)F)cc1C(F)(F)F. The number of aliphatic hydroxyl groups is 1. The molecule has 3 amide bonds. The van der Waals surface area contributed by atoms with Gasteiger partial charge >= 0.3 is 24.5 Å². The monoisotopic (exact) mass is 401 g/mol. The lowest BCUT2D eigenvalue weighted by molar-refractivity contribution is -0.143. The summed E-state index contributed by atoms with van der Waals surface area (Å²) < 4.78 is 83.4. The molecule has 1 fully saturated rings. The maximum atomic E-state index is 13.3. The highest BCUT2D eigenvalue weighted by molar-refractivity contribution is 5.96. The number of hydrogen-bond donors (Lipinski definition) is 2. The summed E-state index contributed by atoms with van der Waals surface area (Å²) in [5.41, 5.74) is 0.250. The van der Waals surface area contributed by atoms with Crippen LogP contribution in [-0.2, 0) is 12.4 Å². The number of primary amides is 1. The van der Waals surface area contributed by atoms with Gasteiger partial charge in [0.05, 0.1) is 17.9 Å². The van der Waals surface area contributed by atoms with Gasteiger partial charge in [-0.2, -0.15) is 26.3 Å². The lowest BCUT2D eigenvalue weighted by Crippen LogP contribution is -2.34. The number of alkyl halides is 6. The van der Waals surface area contributed by atoms with E-state index >= 15 is 0 Å². The molecule has 0 radical (unpaired) electrons. The molecule has 0 aromatic heterocycles. The molecule has 0 unspecified atom stereocenters. The lowest BCUT2D eigenvalue weighted by Gasteiger charge is -2.24. The molecule has 0 atom stereocenters. The molecule has 3 N–H and O–H groups in total. The quantitative estimate of drug-likeness (QED) is 0.758. The number of rotatable bonds is 4. The number of ether oxygens (including phenoxy) is 1. The van der Waals surface area contributed by atoms with Crippen LogP contribution in [0, 0.1) is 0 Å². The highest BCUT2D eigenvalue weighted by Crippen LogP contribution is 2.46. The van der Waals surface area contributed by atoms with E-state index in [1.54, 1.807) is 0 Å². The van der Waals surface area contributed by atoms with Gasteiger partial charge in [0.25, 0.3) is 0 Å². The summed E-state index contributed by atoms with van der Waals surface area (Å²) in [4.78, 5) is 24.9. The van der Waals surface area contributed by atoms with Crippen LogP contribution in [0.2, 0.25) is 0 Å². The Morgan fingerprint density at radius 2 is 1.78 bits per heavy atom. The summed E-state index contributed by atoms with van der Waals surface area (Å²) in [5.74, 6) is -1.30. The van der Waals surface area contributed by atoms with E-state index in [1.165, 1.54) is 0 Å². The first kappa shape index (κ1) is 20.6. The van der Waals surface area contributed by atoms with Crippen molar-refractivity contribution in [3.05, 3.63) is 23.3 Å². The third-order valence-corrected chi connectivity index (χ3v) is 3.66. The number of aliphatic hydroxyl groups excluding tert-OH is 1. The number of carbonyl (C=O) groups excluding carboxylic acids is 2. The molecule has 27 heavy (non-hydrogen) atoms. The van der Waals surface area contributed by atoms with Crippen LogP contribution >= 0.6 is 0 Å². The molecule has 0 aliphatic carbocycles. The third kappa shape index (κ3) is 4.35. The standard InChI is InChI=1S/C14H13F6N3O4/c15-13(16,17)7-5-8(14(18,19)20)10(27-11(21)25)9(6-7)23-2-1-22(3-4-24)12(23)26/h5-6,24H,1-4H2,(H2,21,25). The third-order valence-electron chi connectivity index (χ3n) is 3.66. The van der Waals surface area contributed by atoms with Gasteiger partial charge in [-0.25, -0.2) is 9.59 Å². The zero-order chi connectivity index (χ0) is 20.6. The number of anilines is 1. The smallest absolute Gasteiger partial charge is 0.408 e. The van der Waals surface area contributed by atoms with E-state index in [2.05, 4.69) is 4.74 Å². The van der Waals surface area contributed by atoms with Crippen molar-refractivity contribution >= 4 is 17.8 Å². The van der Waals surface area contributed by atoms with Crippen molar-refractivity contribution in [1.29, 1.82) is 0 Å². The molecule has 7 nitrogen and oxygen atoms in total. The summed E-state index contributed by atoms with van der Waals surface area (Å²) >= 11 is 0. The summed E-state index contributed by atoms with van der Waals surface area (Å²) in [6, 6.07) is -0.910. The average Bonchev–Trinajstić information content (AvgIpc) is 2.86. The zero-order valence-electron chi connectivity index (χ0n) is 13.4. The molecular formula is C14H13F6N3O4. The van der Waals surface area contributed by atoms with Gasteiger partial charge in [-0.15, -0.1) is 0 Å². The molecule has 1 aliphatic heterocycles. The molecule has 1 saturated heterocycles. The van der Waals surface area contributed by atoms with Crippen molar-refractivity contribution in [2.75, 3.05) is 31.1 Å². The first-order valence-electron chi connectivity index (χ1n) is 7.33. The van der Waals surface area contributed by atoms with E-state index < -0.39 is 53.6 Å². The van der Waals surface area contributed by atoms with E-state index in [1.807, 2.05) is 0 Å². The van der Waals surface area contributed by atoms with Crippen LogP contribution in [0.15, 0.2) is 12.1 Å². The Kier molecular flexibility index (Phi) is 5.45. The van der Waals surface area contributed by atoms with Crippen molar-refractivity contribution in [3.8, 4) is 5.75 Å². The number of β-amino-alcohol motifs (C(OH)–C–C–N with tert-alkyl or cyclic N) is 1. The average molecular weight is 401 g/mol. The molecule has 1 aliphatic rings. The van der Waals surface area contributed by atoms with Crippen LogP contribution in [0.1, 0.15) is 11.1 Å². The Balaban J connectivity index is 2.69. The predicted molar refractivity (Wildman–Crippen MR) is 78.1 cm³/mol. The Bertz CT molecular complexity index is 750. The predicted octanol–water partition coefficient (Wildman–Crippen LogP) is 2.42. The fourth-order valence-corrected chi connectivity index (χ4v) is 2.53. The number of nitrogens with two attached hydrogens (primary N) is 1. The second-order valence-electron chi connectivity index (χ2n) is 5.43. The van der Waals surface area contributed by atoms with Crippen LogP contribution in [0.5, 0.6) is 5.75 Å². The molecule has 2 rings (SSSR count). The normalized spacial score (nSPS) is 15.4. The first-order chi connectivity index (χ1) is 12.4. The Hall–Kier alpha value is -2.70. The molecule has 0 bridgehead atoms. The van der Waals surface area contributed by atoms with Crippen molar-refractivity contribution in [3.63, 3.8) is 0 Å². The van der Waals surface area contributed by atoms with Crippen LogP contribution in [-0.4, -0.2) is 48.4 Å².